The molecule has 1 N–H and O–H groups in total. The lowest BCUT2D eigenvalue weighted by Gasteiger charge is -2.11. The fourth-order valence-corrected chi connectivity index (χ4v) is 2.53. The largest absolute Gasteiger partial charge is 0.385 e. The van der Waals surface area contributed by atoms with Crippen LogP contribution in [0.25, 0.3) is 0 Å². The van der Waals surface area contributed by atoms with E-state index in [1.54, 1.807) is 19.2 Å². The van der Waals surface area contributed by atoms with Crippen molar-refractivity contribution in [1.29, 1.82) is 0 Å². The lowest BCUT2D eigenvalue weighted by atomic mass is 10.3. The highest BCUT2D eigenvalue weighted by Gasteiger charge is 2.10. The molecule has 0 saturated heterocycles. The minimum atomic E-state index is 0.423. The Hall–Kier alpha value is -0.940. The predicted octanol–water partition coefficient (Wildman–Crippen LogP) is 4.93. The standard InChI is InChI=1S/C14H16Cl3N3O/c1-9-8-20(4-3-5-21-2)14(18-9)19-13-7-11(16)10(15)6-12(13)17/h6-8H,3-5H2,1-2H3,(H,18,19). The Kier molecular flexibility index (Phi) is 5.76. The van der Waals surface area contributed by atoms with Gasteiger partial charge in [0.2, 0.25) is 5.95 Å². The molecule has 0 atom stereocenters. The summed E-state index contributed by atoms with van der Waals surface area (Å²) < 4.78 is 7.09. The fraction of sp³-hybridized carbons (Fsp3) is 0.357. The maximum Gasteiger partial charge on any atom is 0.207 e. The van der Waals surface area contributed by atoms with Crippen molar-refractivity contribution in [3.8, 4) is 0 Å². The number of methoxy groups -OCH3 is 1. The van der Waals surface area contributed by atoms with Crippen LogP contribution >= 0.6 is 34.8 Å². The molecule has 0 spiro atoms. The van der Waals surface area contributed by atoms with Crippen molar-refractivity contribution in [2.24, 2.45) is 0 Å². The Morgan fingerprint density at radius 1 is 1.19 bits per heavy atom. The summed E-state index contributed by atoms with van der Waals surface area (Å²) in [5, 5.41) is 4.55. The van der Waals surface area contributed by atoms with Crippen molar-refractivity contribution >= 4 is 46.4 Å². The molecule has 1 aromatic carbocycles. The molecule has 0 radical (unpaired) electrons. The average molecular weight is 349 g/mol. The number of hydrogen-bond acceptors (Lipinski definition) is 3. The van der Waals surface area contributed by atoms with Crippen molar-refractivity contribution in [2.45, 2.75) is 19.9 Å². The van der Waals surface area contributed by atoms with Gasteiger partial charge in [0, 0.05) is 26.5 Å². The van der Waals surface area contributed by atoms with Crippen LogP contribution in [0.4, 0.5) is 11.6 Å². The molecular formula is C14H16Cl3N3O. The fourth-order valence-electron chi connectivity index (χ4n) is 1.94. The number of halogens is 3. The zero-order valence-electron chi connectivity index (χ0n) is 11.8. The van der Waals surface area contributed by atoms with E-state index in [-0.39, 0.29) is 0 Å². The van der Waals surface area contributed by atoms with E-state index in [1.165, 1.54) is 0 Å². The number of ether oxygens (including phenoxy) is 1. The summed E-state index contributed by atoms with van der Waals surface area (Å²) in [5.74, 6) is 0.712. The molecule has 1 aromatic heterocycles. The monoisotopic (exact) mass is 347 g/mol. The predicted molar refractivity (Wildman–Crippen MR) is 88.2 cm³/mol. The number of nitrogens with zero attached hydrogens (tertiary/aromatic N) is 2. The molecule has 0 amide bonds. The molecule has 0 aliphatic rings. The summed E-state index contributed by atoms with van der Waals surface area (Å²) in [7, 11) is 1.69. The third-order valence-electron chi connectivity index (χ3n) is 2.90. The summed E-state index contributed by atoms with van der Waals surface area (Å²) in [4.78, 5) is 4.45. The first-order chi connectivity index (χ1) is 10.0. The summed E-state index contributed by atoms with van der Waals surface area (Å²) >= 11 is 18.1. The summed E-state index contributed by atoms with van der Waals surface area (Å²) in [6.07, 6.45) is 2.87. The second kappa shape index (κ2) is 7.36. The smallest absolute Gasteiger partial charge is 0.207 e. The Bertz CT molecular complexity index is 628. The van der Waals surface area contributed by atoms with Gasteiger partial charge >= 0.3 is 0 Å². The van der Waals surface area contributed by atoms with Gasteiger partial charge in [-0.25, -0.2) is 4.98 Å². The van der Waals surface area contributed by atoms with Gasteiger partial charge in [-0.05, 0) is 25.5 Å². The van der Waals surface area contributed by atoms with Crippen molar-refractivity contribution in [1.82, 2.24) is 9.55 Å². The number of anilines is 2. The zero-order valence-corrected chi connectivity index (χ0v) is 14.1. The molecule has 0 unspecified atom stereocenters. The first-order valence-corrected chi connectivity index (χ1v) is 7.59. The van der Waals surface area contributed by atoms with Crippen LogP contribution in [0.2, 0.25) is 15.1 Å². The number of benzene rings is 1. The SMILES string of the molecule is COCCCn1cc(C)nc1Nc1cc(Cl)c(Cl)cc1Cl. The second-order valence-corrected chi connectivity index (χ2v) is 5.84. The van der Waals surface area contributed by atoms with Gasteiger partial charge < -0.3 is 14.6 Å². The minimum Gasteiger partial charge on any atom is -0.385 e. The van der Waals surface area contributed by atoms with Gasteiger partial charge in [0.15, 0.2) is 0 Å². The van der Waals surface area contributed by atoms with Crippen molar-refractivity contribution in [2.75, 3.05) is 19.0 Å². The Morgan fingerprint density at radius 3 is 2.62 bits per heavy atom. The third-order valence-corrected chi connectivity index (χ3v) is 3.94. The number of nitrogens with one attached hydrogen (secondary N) is 1. The van der Waals surface area contributed by atoms with E-state index in [4.69, 9.17) is 39.5 Å². The van der Waals surface area contributed by atoms with E-state index >= 15 is 0 Å². The molecule has 7 heteroatoms. The Morgan fingerprint density at radius 2 is 1.90 bits per heavy atom. The maximum atomic E-state index is 6.17. The van der Waals surface area contributed by atoms with E-state index in [2.05, 4.69) is 10.3 Å². The molecule has 1 heterocycles. The molecule has 0 aliphatic heterocycles. The Labute approximate surface area is 139 Å². The van der Waals surface area contributed by atoms with Crippen molar-refractivity contribution in [3.05, 3.63) is 39.1 Å². The van der Waals surface area contributed by atoms with Crippen LogP contribution in [0.3, 0.4) is 0 Å². The van der Waals surface area contributed by atoms with E-state index in [9.17, 15) is 0 Å². The van der Waals surface area contributed by atoms with Gasteiger partial charge in [-0.1, -0.05) is 34.8 Å². The molecule has 21 heavy (non-hydrogen) atoms. The highest BCUT2D eigenvalue weighted by molar-refractivity contribution is 6.44. The molecular weight excluding hydrogens is 333 g/mol. The Balaban J connectivity index is 2.21. The van der Waals surface area contributed by atoms with Gasteiger partial charge in [0.05, 0.1) is 26.4 Å². The first kappa shape index (κ1) is 16.4. The van der Waals surface area contributed by atoms with Crippen LogP contribution in [0.5, 0.6) is 0 Å². The normalized spacial score (nSPS) is 10.9. The van der Waals surface area contributed by atoms with Crippen molar-refractivity contribution in [3.63, 3.8) is 0 Å². The molecule has 0 saturated carbocycles. The van der Waals surface area contributed by atoms with Gasteiger partial charge in [-0.3, -0.25) is 0 Å². The third kappa shape index (κ3) is 4.27. The number of aryl methyl sites for hydroxylation is 2. The average Bonchev–Trinajstić information content (AvgIpc) is 2.76. The van der Waals surface area contributed by atoms with Gasteiger partial charge in [0.25, 0.3) is 0 Å². The number of imidazole rings is 1. The van der Waals surface area contributed by atoms with E-state index in [1.807, 2.05) is 17.7 Å². The maximum absolute atomic E-state index is 6.17. The van der Waals surface area contributed by atoms with Crippen LogP contribution in [-0.2, 0) is 11.3 Å². The minimum absolute atomic E-state index is 0.423. The number of aromatic nitrogens is 2. The van der Waals surface area contributed by atoms with Crippen LogP contribution in [0, 0.1) is 6.92 Å². The summed E-state index contributed by atoms with van der Waals surface area (Å²) in [6, 6.07) is 3.30. The van der Waals surface area contributed by atoms with Crippen LogP contribution in [0.15, 0.2) is 18.3 Å². The highest BCUT2D eigenvalue weighted by Crippen LogP contribution is 2.33. The lowest BCUT2D eigenvalue weighted by Crippen LogP contribution is -2.05. The number of rotatable bonds is 6. The first-order valence-electron chi connectivity index (χ1n) is 6.45. The summed E-state index contributed by atoms with van der Waals surface area (Å²) in [6.45, 7) is 3.44. The van der Waals surface area contributed by atoms with Crippen LogP contribution in [0.1, 0.15) is 12.1 Å². The van der Waals surface area contributed by atoms with Gasteiger partial charge in [-0.15, -0.1) is 0 Å². The van der Waals surface area contributed by atoms with E-state index < -0.39 is 0 Å². The second-order valence-electron chi connectivity index (χ2n) is 4.62. The lowest BCUT2D eigenvalue weighted by molar-refractivity contribution is 0.190. The zero-order chi connectivity index (χ0) is 15.4. The highest BCUT2D eigenvalue weighted by atomic mass is 35.5. The van der Waals surface area contributed by atoms with Crippen molar-refractivity contribution < 1.29 is 4.74 Å². The topological polar surface area (TPSA) is 39.1 Å². The van der Waals surface area contributed by atoms with E-state index in [0.29, 0.717) is 33.3 Å². The van der Waals surface area contributed by atoms with Crippen LogP contribution in [-0.4, -0.2) is 23.3 Å². The molecule has 114 valence electrons. The number of hydrogen-bond donors (Lipinski definition) is 1. The molecule has 0 fully saturated rings. The molecule has 4 nitrogen and oxygen atoms in total. The molecule has 0 bridgehead atoms. The van der Waals surface area contributed by atoms with Crippen LogP contribution < -0.4 is 5.32 Å². The molecule has 2 aromatic rings. The quantitative estimate of drug-likeness (QED) is 0.594. The van der Waals surface area contributed by atoms with E-state index in [0.717, 1.165) is 18.7 Å². The summed E-state index contributed by atoms with van der Waals surface area (Å²) in [5.41, 5.74) is 1.59. The van der Waals surface area contributed by atoms with Gasteiger partial charge in [-0.2, -0.15) is 0 Å². The molecule has 2 rings (SSSR count). The molecule has 0 aliphatic carbocycles. The van der Waals surface area contributed by atoms with Gasteiger partial charge in [0.1, 0.15) is 0 Å².